The van der Waals surface area contributed by atoms with E-state index in [2.05, 4.69) is 193 Å². The molecule has 240 valence electrons. The van der Waals surface area contributed by atoms with Crippen LogP contribution in [0.3, 0.4) is 0 Å². The molecule has 0 unspecified atom stereocenters. The summed E-state index contributed by atoms with van der Waals surface area (Å²) in [6, 6.07) is 67.3. The number of fused-ring (bicyclic) bond motifs is 6. The molecule has 10 aromatic rings. The normalized spacial score (nSPS) is 11.5. The van der Waals surface area contributed by atoms with Crippen LogP contribution in [-0.2, 0) is 0 Å². The smallest absolute Gasteiger partial charge is 0.160 e. The van der Waals surface area contributed by atoms with Crippen LogP contribution in [0.2, 0.25) is 0 Å². The second-order valence-corrected chi connectivity index (χ2v) is 14.0. The average Bonchev–Trinajstić information content (AvgIpc) is 3.79. The molecular weight excluding hydrogens is 639 g/mol. The van der Waals surface area contributed by atoms with E-state index >= 15 is 0 Å². The van der Waals surface area contributed by atoms with E-state index in [1.807, 2.05) is 11.3 Å². The number of furan rings is 1. The van der Waals surface area contributed by atoms with Crippen molar-refractivity contribution >= 4 is 70.5 Å². The SMILES string of the molecule is c1ccc(-c2cc(-c3ccccc3)cc(N(c3ccc(-c4ccccc4)c4c3oc3ccccc34)c3cccc4sc5ccccc5c34)c2)cc1. The Morgan fingerprint density at radius 1 is 0.392 bits per heavy atom. The zero-order valence-corrected chi connectivity index (χ0v) is 28.5. The number of para-hydroxylation sites is 1. The third kappa shape index (κ3) is 5.01. The van der Waals surface area contributed by atoms with Gasteiger partial charge in [0.1, 0.15) is 5.58 Å². The van der Waals surface area contributed by atoms with Crippen molar-refractivity contribution in [1.82, 2.24) is 0 Å². The van der Waals surface area contributed by atoms with Crippen molar-refractivity contribution in [3.8, 4) is 33.4 Å². The fourth-order valence-electron chi connectivity index (χ4n) is 7.53. The Kier molecular flexibility index (Phi) is 7.04. The zero-order chi connectivity index (χ0) is 33.7. The molecule has 3 heteroatoms. The van der Waals surface area contributed by atoms with Crippen molar-refractivity contribution in [1.29, 1.82) is 0 Å². The van der Waals surface area contributed by atoms with Gasteiger partial charge in [-0.3, -0.25) is 0 Å². The maximum absolute atomic E-state index is 6.94. The van der Waals surface area contributed by atoms with E-state index < -0.39 is 0 Å². The van der Waals surface area contributed by atoms with E-state index in [1.54, 1.807) is 0 Å². The van der Waals surface area contributed by atoms with Crippen LogP contribution in [0.25, 0.3) is 75.5 Å². The highest BCUT2D eigenvalue weighted by molar-refractivity contribution is 7.26. The third-order valence-corrected chi connectivity index (χ3v) is 11.0. The summed E-state index contributed by atoms with van der Waals surface area (Å²) in [6.07, 6.45) is 0. The number of rotatable bonds is 6. The summed E-state index contributed by atoms with van der Waals surface area (Å²) in [5.41, 5.74) is 11.9. The second kappa shape index (κ2) is 12.2. The quantitative estimate of drug-likeness (QED) is 0.175. The fourth-order valence-corrected chi connectivity index (χ4v) is 8.66. The Morgan fingerprint density at radius 2 is 0.980 bits per heavy atom. The predicted molar refractivity (Wildman–Crippen MR) is 218 cm³/mol. The highest BCUT2D eigenvalue weighted by Crippen LogP contribution is 2.50. The van der Waals surface area contributed by atoms with E-state index in [4.69, 9.17) is 4.42 Å². The predicted octanol–water partition coefficient (Wildman–Crippen LogP) is 14.4. The third-order valence-electron chi connectivity index (χ3n) is 9.84. The maximum atomic E-state index is 6.94. The first-order valence-corrected chi connectivity index (χ1v) is 18.1. The summed E-state index contributed by atoms with van der Waals surface area (Å²) in [7, 11) is 0. The van der Waals surface area contributed by atoms with E-state index in [-0.39, 0.29) is 0 Å². The zero-order valence-electron chi connectivity index (χ0n) is 27.7. The van der Waals surface area contributed by atoms with Crippen molar-refractivity contribution in [2.75, 3.05) is 4.90 Å². The summed E-state index contributed by atoms with van der Waals surface area (Å²) in [6.45, 7) is 0. The van der Waals surface area contributed by atoms with E-state index in [0.717, 1.165) is 61.3 Å². The van der Waals surface area contributed by atoms with Crippen LogP contribution in [0.15, 0.2) is 192 Å². The lowest BCUT2D eigenvalue weighted by atomic mass is 9.96. The minimum atomic E-state index is 0.862. The van der Waals surface area contributed by atoms with E-state index in [1.165, 1.54) is 31.3 Å². The van der Waals surface area contributed by atoms with Crippen LogP contribution in [0, 0.1) is 0 Å². The summed E-state index contributed by atoms with van der Waals surface area (Å²) < 4.78 is 9.47. The first-order chi connectivity index (χ1) is 25.3. The molecule has 0 saturated heterocycles. The lowest BCUT2D eigenvalue weighted by Crippen LogP contribution is -2.11. The molecule has 2 heterocycles. The first-order valence-electron chi connectivity index (χ1n) is 17.3. The molecule has 0 atom stereocenters. The van der Waals surface area contributed by atoms with Crippen molar-refractivity contribution in [2.24, 2.45) is 0 Å². The van der Waals surface area contributed by atoms with Gasteiger partial charge in [0.25, 0.3) is 0 Å². The molecule has 2 nitrogen and oxygen atoms in total. The van der Waals surface area contributed by atoms with Crippen LogP contribution in [0.4, 0.5) is 17.1 Å². The van der Waals surface area contributed by atoms with Gasteiger partial charge in [-0.05, 0) is 81.9 Å². The van der Waals surface area contributed by atoms with Gasteiger partial charge in [-0.1, -0.05) is 140 Å². The number of nitrogens with zero attached hydrogens (tertiary/aromatic N) is 1. The van der Waals surface area contributed by atoms with Gasteiger partial charge >= 0.3 is 0 Å². The van der Waals surface area contributed by atoms with Gasteiger partial charge in [-0.2, -0.15) is 0 Å². The molecule has 0 spiro atoms. The summed E-state index contributed by atoms with van der Waals surface area (Å²) in [4.78, 5) is 2.43. The molecule has 10 rings (SSSR count). The van der Waals surface area contributed by atoms with Crippen molar-refractivity contribution in [3.05, 3.63) is 188 Å². The highest BCUT2D eigenvalue weighted by Gasteiger charge is 2.25. The Balaban J connectivity index is 1.34. The van der Waals surface area contributed by atoms with Gasteiger partial charge in [0.15, 0.2) is 5.58 Å². The molecule has 0 bridgehead atoms. The number of anilines is 3. The molecule has 0 saturated carbocycles. The van der Waals surface area contributed by atoms with Crippen LogP contribution >= 0.6 is 11.3 Å². The number of hydrogen-bond donors (Lipinski definition) is 0. The van der Waals surface area contributed by atoms with Crippen molar-refractivity contribution in [3.63, 3.8) is 0 Å². The number of benzene rings is 8. The monoisotopic (exact) mass is 669 g/mol. The molecule has 0 aliphatic carbocycles. The van der Waals surface area contributed by atoms with Gasteiger partial charge in [-0.15, -0.1) is 11.3 Å². The molecule has 0 radical (unpaired) electrons. The Hall–Kier alpha value is -6.42. The summed E-state index contributed by atoms with van der Waals surface area (Å²) in [5.74, 6) is 0. The molecule has 8 aromatic carbocycles. The summed E-state index contributed by atoms with van der Waals surface area (Å²) in [5, 5.41) is 4.71. The van der Waals surface area contributed by atoms with E-state index in [0.29, 0.717) is 0 Å². The van der Waals surface area contributed by atoms with Crippen LogP contribution in [0.1, 0.15) is 0 Å². The molecule has 0 aliphatic heterocycles. The minimum absolute atomic E-state index is 0.862. The molecule has 0 N–H and O–H groups in total. The molecule has 51 heavy (non-hydrogen) atoms. The van der Waals surface area contributed by atoms with Crippen molar-refractivity contribution in [2.45, 2.75) is 0 Å². The van der Waals surface area contributed by atoms with Crippen LogP contribution in [0.5, 0.6) is 0 Å². The molecule has 0 amide bonds. The maximum Gasteiger partial charge on any atom is 0.160 e. The van der Waals surface area contributed by atoms with E-state index in [9.17, 15) is 0 Å². The topological polar surface area (TPSA) is 16.4 Å². The largest absolute Gasteiger partial charge is 0.454 e. The highest BCUT2D eigenvalue weighted by atomic mass is 32.1. The van der Waals surface area contributed by atoms with Crippen LogP contribution in [-0.4, -0.2) is 0 Å². The molecule has 0 fully saturated rings. The fraction of sp³-hybridized carbons (Fsp3) is 0. The Labute approximate surface area is 300 Å². The number of thiophene rings is 1. The molecule has 0 aliphatic rings. The standard InChI is InChI=1S/C48H31NOS/c1-4-15-32(16-5-1)35-29-36(33-17-6-2-7-18-33)31-37(30-35)49(41-23-14-26-45-47(41)40-22-11-13-25-44(40)51-45)42-28-27-38(34-19-8-3-9-20-34)46-39-21-10-12-24-43(39)50-48(42)46/h1-31H. The van der Waals surface area contributed by atoms with Gasteiger partial charge in [0, 0.05) is 36.6 Å². The Morgan fingerprint density at radius 3 is 1.69 bits per heavy atom. The molecular formula is C48H31NOS. The van der Waals surface area contributed by atoms with Gasteiger partial charge in [0.05, 0.1) is 11.4 Å². The van der Waals surface area contributed by atoms with Gasteiger partial charge in [0.2, 0.25) is 0 Å². The van der Waals surface area contributed by atoms with Crippen LogP contribution < -0.4 is 4.90 Å². The minimum Gasteiger partial charge on any atom is -0.454 e. The lowest BCUT2D eigenvalue weighted by molar-refractivity contribution is 0.669. The second-order valence-electron chi connectivity index (χ2n) is 12.9. The first kappa shape index (κ1) is 29.5. The molecule has 2 aromatic heterocycles. The Bertz CT molecular complexity index is 2790. The van der Waals surface area contributed by atoms with Gasteiger partial charge < -0.3 is 9.32 Å². The van der Waals surface area contributed by atoms with Crippen molar-refractivity contribution < 1.29 is 4.42 Å². The van der Waals surface area contributed by atoms with Gasteiger partial charge in [-0.25, -0.2) is 0 Å². The average molecular weight is 670 g/mol. The summed E-state index contributed by atoms with van der Waals surface area (Å²) >= 11 is 1.84. The lowest BCUT2D eigenvalue weighted by Gasteiger charge is -2.28. The number of hydrogen-bond acceptors (Lipinski definition) is 3.